The predicted molar refractivity (Wildman–Crippen MR) is 86.4 cm³/mol. The Morgan fingerprint density at radius 3 is 2.92 bits per heavy atom. The van der Waals surface area contributed by atoms with Crippen molar-refractivity contribution in [3.05, 3.63) is 43.2 Å². The molecule has 0 aliphatic carbocycles. The molecule has 1 saturated heterocycles. The van der Waals surface area contributed by atoms with Gasteiger partial charge in [-0.25, -0.2) is 18.1 Å². The van der Waals surface area contributed by atoms with Crippen molar-refractivity contribution >= 4 is 15.9 Å². The van der Waals surface area contributed by atoms with Crippen molar-refractivity contribution in [3.63, 3.8) is 0 Å². The summed E-state index contributed by atoms with van der Waals surface area (Å²) in [7, 11) is -3.73. The minimum Gasteiger partial charge on any atom is -0.337 e. The molecular formula is C15H19N5O3S. The molecule has 0 aromatic carbocycles. The van der Waals surface area contributed by atoms with Gasteiger partial charge in [-0.15, -0.1) is 0 Å². The molecule has 9 heteroatoms. The monoisotopic (exact) mass is 349 g/mol. The Kier molecular flexibility index (Phi) is 4.91. The van der Waals surface area contributed by atoms with Gasteiger partial charge in [0.05, 0.1) is 12.9 Å². The minimum atomic E-state index is -3.73. The fourth-order valence-corrected chi connectivity index (χ4v) is 3.78. The lowest BCUT2D eigenvalue weighted by Gasteiger charge is -2.25. The van der Waals surface area contributed by atoms with E-state index >= 15 is 0 Å². The highest BCUT2D eigenvalue weighted by Gasteiger charge is 2.29. The number of hydrogen-bond donors (Lipinski definition) is 1. The van der Waals surface area contributed by atoms with E-state index in [9.17, 15) is 13.2 Å². The molecule has 0 bridgehead atoms. The molecule has 8 nitrogen and oxygen atoms in total. The second-order valence-electron chi connectivity index (χ2n) is 5.66. The molecule has 2 aromatic rings. The van der Waals surface area contributed by atoms with Gasteiger partial charge < -0.3 is 9.47 Å². The average Bonchev–Trinajstić information content (AvgIpc) is 3.26. The standard InChI is InChI=1S/C15H19N5O3S/c21-15(10-18-24(22,23)14-4-1-5-16-9-14)20-7-2-3-13(20)11-19-8-6-17-12-19/h1,4-6,8-9,12-13,18H,2-3,7,10-11H2/t13-/m1/s1. The van der Waals surface area contributed by atoms with E-state index in [4.69, 9.17) is 0 Å². The van der Waals surface area contributed by atoms with E-state index in [1.165, 1.54) is 24.5 Å². The molecule has 1 amide bonds. The Bertz CT molecular complexity index is 777. The van der Waals surface area contributed by atoms with Crippen LogP contribution in [0.2, 0.25) is 0 Å². The number of nitrogens with one attached hydrogen (secondary N) is 1. The normalized spacial score (nSPS) is 18.0. The van der Waals surface area contributed by atoms with Gasteiger partial charge in [0, 0.05) is 43.9 Å². The van der Waals surface area contributed by atoms with Crippen molar-refractivity contribution in [2.24, 2.45) is 0 Å². The largest absolute Gasteiger partial charge is 0.337 e. The Labute approximate surface area is 140 Å². The van der Waals surface area contributed by atoms with Gasteiger partial charge in [0.25, 0.3) is 0 Å². The van der Waals surface area contributed by atoms with Gasteiger partial charge in [-0.2, -0.15) is 0 Å². The number of hydrogen-bond acceptors (Lipinski definition) is 5. The maximum Gasteiger partial charge on any atom is 0.242 e. The Morgan fingerprint density at radius 1 is 1.33 bits per heavy atom. The van der Waals surface area contributed by atoms with Crippen LogP contribution in [-0.4, -0.2) is 52.9 Å². The van der Waals surface area contributed by atoms with E-state index in [0.29, 0.717) is 13.1 Å². The molecule has 1 aliphatic rings. The molecule has 0 spiro atoms. The maximum atomic E-state index is 12.4. The first-order valence-electron chi connectivity index (χ1n) is 7.71. The van der Waals surface area contributed by atoms with Gasteiger partial charge in [0.1, 0.15) is 4.90 Å². The van der Waals surface area contributed by atoms with E-state index < -0.39 is 10.0 Å². The lowest BCUT2D eigenvalue weighted by atomic mass is 10.2. The highest BCUT2D eigenvalue weighted by molar-refractivity contribution is 7.89. The third-order valence-electron chi connectivity index (χ3n) is 4.04. The summed E-state index contributed by atoms with van der Waals surface area (Å²) in [5.74, 6) is -0.218. The molecular weight excluding hydrogens is 330 g/mol. The Morgan fingerprint density at radius 2 is 2.21 bits per heavy atom. The summed E-state index contributed by atoms with van der Waals surface area (Å²) in [5, 5.41) is 0. The summed E-state index contributed by atoms with van der Waals surface area (Å²) in [6.45, 7) is 1.06. The van der Waals surface area contributed by atoms with Crippen molar-refractivity contribution in [2.45, 2.75) is 30.3 Å². The van der Waals surface area contributed by atoms with E-state index in [1.807, 2.05) is 10.8 Å². The number of nitrogens with zero attached hydrogens (tertiary/aromatic N) is 4. The second-order valence-corrected chi connectivity index (χ2v) is 7.42. The van der Waals surface area contributed by atoms with Crippen LogP contribution in [0.25, 0.3) is 0 Å². The third-order valence-corrected chi connectivity index (χ3v) is 5.42. The lowest BCUT2D eigenvalue weighted by molar-refractivity contribution is -0.130. The fraction of sp³-hybridized carbons (Fsp3) is 0.400. The molecule has 1 fully saturated rings. The summed E-state index contributed by atoms with van der Waals surface area (Å²) in [4.78, 5) is 22.0. The van der Waals surface area contributed by atoms with Gasteiger partial charge in [-0.3, -0.25) is 9.78 Å². The van der Waals surface area contributed by atoms with Crippen LogP contribution in [0.5, 0.6) is 0 Å². The quantitative estimate of drug-likeness (QED) is 0.806. The van der Waals surface area contributed by atoms with Crippen LogP contribution in [0.3, 0.4) is 0 Å². The van der Waals surface area contributed by atoms with Crippen LogP contribution in [-0.2, 0) is 21.4 Å². The number of likely N-dealkylation sites (tertiary alicyclic amines) is 1. The number of imidazole rings is 1. The van der Waals surface area contributed by atoms with Crippen LogP contribution < -0.4 is 4.72 Å². The molecule has 1 aliphatic heterocycles. The number of aromatic nitrogens is 3. The zero-order valence-electron chi connectivity index (χ0n) is 13.1. The molecule has 0 saturated carbocycles. The van der Waals surface area contributed by atoms with Crippen molar-refractivity contribution in [1.29, 1.82) is 0 Å². The van der Waals surface area contributed by atoms with Crippen LogP contribution >= 0.6 is 0 Å². The number of rotatable bonds is 6. The van der Waals surface area contributed by atoms with Crippen molar-refractivity contribution in [3.8, 4) is 0 Å². The fourth-order valence-electron chi connectivity index (χ4n) is 2.84. The van der Waals surface area contributed by atoms with Crippen LogP contribution in [0.4, 0.5) is 0 Å². The lowest BCUT2D eigenvalue weighted by Crippen LogP contribution is -2.43. The predicted octanol–water partition coefficient (Wildman–Crippen LogP) is 0.248. The summed E-state index contributed by atoms with van der Waals surface area (Å²) >= 11 is 0. The van der Waals surface area contributed by atoms with E-state index in [0.717, 1.165) is 12.8 Å². The Balaban J connectivity index is 1.60. The minimum absolute atomic E-state index is 0.0502. The summed E-state index contributed by atoms with van der Waals surface area (Å²) in [6, 6.07) is 3.05. The van der Waals surface area contributed by atoms with Gasteiger partial charge in [-0.1, -0.05) is 0 Å². The number of sulfonamides is 1. The van der Waals surface area contributed by atoms with Crippen LogP contribution in [0, 0.1) is 0 Å². The van der Waals surface area contributed by atoms with Gasteiger partial charge in [0.15, 0.2) is 0 Å². The van der Waals surface area contributed by atoms with Gasteiger partial charge >= 0.3 is 0 Å². The van der Waals surface area contributed by atoms with E-state index in [-0.39, 0.29) is 23.4 Å². The first-order valence-corrected chi connectivity index (χ1v) is 9.19. The van der Waals surface area contributed by atoms with Crippen molar-refractivity contribution in [1.82, 2.24) is 24.2 Å². The van der Waals surface area contributed by atoms with E-state index in [1.54, 1.807) is 17.4 Å². The average molecular weight is 349 g/mol. The zero-order valence-corrected chi connectivity index (χ0v) is 13.9. The molecule has 3 rings (SSSR count). The van der Waals surface area contributed by atoms with Crippen LogP contribution in [0.15, 0.2) is 48.1 Å². The molecule has 24 heavy (non-hydrogen) atoms. The highest BCUT2D eigenvalue weighted by Crippen LogP contribution is 2.19. The Hall–Kier alpha value is -2.26. The number of amides is 1. The molecule has 0 radical (unpaired) electrons. The third kappa shape index (κ3) is 3.80. The summed E-state index contributed by atoms with van der Waals surface area (Å²) in [6.07, 6.45) is 9.83. The first kappa shape index (κ1) is 16.6. The highest BCUT2D eigenvalue weighted by atomic mass is 32.2. The van der Waals surface area contributed by atoms with E-state index in [2.05, 4.69) is 14.7 Å². The van der Waals surface area contributed by atoms with Crippen molar-refractivity contribution < 1.29 is 13.2 Å². The number of pyridine rings is 1. The summed E-state index contributed by atoms with van der Waals surface area (Å²) in [5.41, 5.74) is 0. The first-order chi connectivity index (χ1) is 11.6. The number of carbonyl (C=O) groups excluding carboxylic acids is 1. The van der Waals surface area contributed by atoms with Gasteiger partial charge in [-0.05, 0) is 25.0 Å². The topological polar surface area (TPSA) is 97.2 Å². The molecule has 3 heterocycles. The second kappa shape index (κ2) is 7.10. The molecule has 128 valence electrons. The molecule has 2 aromatic heterocycles. The van der Waals surface area contributed by atoms with Crippen LogP contribution in [0.1, 0.15) is 12.8 Å². The summed E-state index contributed by atoms with van der Waals surface area (Å²) < 4.78 is 28.6. The van der Waals surface area contributed by atoms with Crippen molar-refractivity contribution in [2.75, 3.05) is 13.1 Å². The SMILES string of the molecule is O=C(CNS(=O)(=O)c1cccnc1)N1CCC[C@@H]1Cn1ccnc1. The zero-order chi connectivity index (χ0) is 17.0. The number of carbonyl (C=O) groups is 1. The molecule has 0 unspecified atom stereocenters. The smallest absolute Gasteiger partial charge is 0.242 e. The molecule has 1 atom stereocenters. The molecule has 1 N–H and O–H groups in total. The van der Waals surface area contributed by atoms with Gasteiger partial charge in [0.2, 0.25) is 15.9 Å². The maximum absolute atomic E-state index is 12.4.